The largest absolute Gasteiger partial charge is 0.442 e. The molecule has 2 rings (SSSR count). The van der Waals surface area contributed by atoms with Gasteiger partial charge in [-0.15, -0.1) is 0 Å². The summed E-state index contributed by atoms with van der Waals surface area (Å²) in [6.07, 6.45) is 0. The van der Waals surface area contributed by atoms with Crippen LogP contribution in [-0.2, 0) is 9.05 Å². The molecule has 0 aromatic carbocycles. The Morgan fingerprint density at radius 3 is 2.67 bits per heavy atom. The van der Waals surface area contributed by atoms with Gasteiger partial charge in [0.05, 0.1) is 0 Å². The fraction of sp³-hybridized carbons (Fsp3) is 0.125. The van der Waals surface area contributed by atoms with Crippen molar-refractivity contribution >= 4 is 19.7 Å². The molecule has 1 N–H and O–H groups in total. The molecule has 2 aromatic rings. The fourth-order valence-electron chi connectivity index (χ4n) is 1.13. The average Bonchev–Trinajstić information content (AvgIpc) is 2.69. The maximum absolute atomic E-state index is 10.9. The van der Waals surface area contributed by atoms with Gasteiger partial charge in [0.25, 0.3) is 9.05 Å². The lowest BCUT2D eigenvalue weighted by atomic mass is 10.3. The number of furan rings is 1. The van der Waals surface area contributed by atoms with E-state index >= 15 is 0 Å². The Balaban J connectivity index is 2.44. The summed E-state index contributed by atoms with van der Waals surface area (Å²) in [5.41, 5.74) is 1.40. The Labute approximate surface area is 90.5 Å². The molecule has 0 unspecified atom stereocenters. The maximum atomic E-state index is 10.9. The molecule has 0 saturated carbocycles. The van der Waals surface area contributed by atoms with Crippen LogP contribution in [0.3, 0.4) is 0 Å². The maximum Gasteiger partial charge on any atom is 0.294 e. The minimum absolute atomic E-state index is 0.278. The van der Waals surface area contributed by atoms with E-state index in [1.54, 1.807) is 6.07 Å². The van der Waals surface area contributed by atoms with Gasteiger partial charge in [-0.25, -0.2) is 8.42 Å². The van der Waals surface area contributed by atoms with Gasteiger partial charge in [-0.1, -0.05) is 0 Å². The Morgan fingerprint density at radius 1 is 1.47 bits per heavy atom. The van der Waals surface area contributed by atoms with E-state index in [4.69, 9.17) is 15.1 Å². The number of aryl methyl sites for hydroxylation is 1. The average molecular weight is 247 g/mol. The standard InChI is InChI=1S/C8H7ClN2O3S/c1-5-4-6(11-10-5)7-2-3-8(14-7)15(9,12)13/h2-4H,1H3,(H,10,11). The highest BCUT2D eigenvalue weighted by Crippen LogP contribution is 2.25. The van der Waals surface area contributed by atoms with Gasteiger partial charge in [0.1, 0.15) is 5.69 Å². The van der Waals surface area contributed by atoms with Gasteiger partial charge in [-0.05, 0) is 25.1 Å². The highest BCUT2D eigenvalue weighted by molar-refractivity contribution is 8.13. The zero-order valence-electron chi connectivity index (χ0n) is 7.69. The van der Waals surface area contributed by atoms with Crippen LogP contribution in [0.2, 0.25) is 0 Å². The Kier molecular flexibility index (Phi) is 2.32. The van der Waals surface area contributed by atoms with Crippen molar-refractivity contribution in [3.63, 3.8) is 0 Å². The molecular weight excluding hydrogens is 240 g/mol. The molecule has 80 valence electrons. The first-order valence-corrected chi connectivity index (χ1v) is 6.34. The minimum Gasteiger partial charge on any atom is -0.442 e. The molecule has 0 amide bonds. The molecule has 0 aliphatic heterocycles. The van der Waals surface area contributed by atoms with E-state index in [-0.39, 0.29) is 5.09 Å². The summed E-state index contributed by atoms with van der Waals surface area (Å²) in [4.78, 5) is 0. The summed E-state index contributed by atoms with van der Waals surface area (Å²) in [5, 5.41) is 6.37. The van der Waals surface area contributed by atoms with E-state index in [2.05, 4.69) is 10.2 Å². The predicted octanol–water partition coefficient (Wildman–Crippen LogP) is 1.91. The molecule has 0 atom stereocenters. The lowest BCUT2D eigenvalue weighted by Crippen LogP contribution is -1.85. The third-order valence-electron chi connectivity index (χ3n) is 1.78. The van der Waals surface area contributed by atoms with Crippen molar-refractivity contribution in [2.24, 2.45) is 0 Å². The summed E-state index contributed by atoms with van der Waals surface area (Å²) < 4.78 is 26.9. The summed E-state index contributed by atoms with van der Waals surface area (Å²) in [7, 11) is 1.30. The minimum atomic E-state index is -3.82. The summed E-state index contributed by atoms with van der Waals surface area (Å²) in [5.74, 6) is 0.360. The third kappa shape index (κ3) is 2.05. The Bertz CT molecular complexity index is 585. The number of hydrogen-bond acceptors (Lipinski definition) is 4. The normalized spacial score (nSPS) is 11.9. The first kappa shape index (κ1) is 10.3. The van der Waals surface area contributed by atoms with E-state index in [0.29, 0.717) is 11.5 Å². The monoisotopic (exact) mass is 246 g/mol. The van der Waals surface area contributed by atoms with Gasteiger partial charge in [-0.2, -0.15) is 5.10 Å². The molecule has 0 aliphatic rings. The summed E-state index contributed by atoms with van der Waals surface area (Å²) >= 11 is 0. The van der Waals surface area contributed by atoms with Crippen LogP contribution in [0.5, 0.6) is 0 Å². The van der Waals surface area contributed by atoms with Gasteiger partial charge in [0.15, 0.2) is 5.76 Å². The van der Waals surface area contributed by atoms with E-state index < -0.39 is 9.05 Å². The van der Waals surface area contributed by atoms with E-state index in [1.165, 1.54) is 12.1 Å². The highest BCUT2D eigenvalue weighted by atomic mass is 35.7. The molecule has 0 bridgehead atoms. The number of H-pyrrole nitrogens is 1. The molecule has 2 aromatic heterocycles. The molecule has 0 radical (unpaired) electrons. The number of halogens is 1. The Hall–Kier alpha value is -1.27. The highest BCUT2D eigenvalue weighted by Gasteiger charge is 2.16. The predicted molar refractivity (Wildman–Crippen MR) is 54.1 cm³/mol. The smallest absolute Gasteiger partial charge is 0.294 e. The third-order valence-corrected chi connectivity index (χ3v) is 2.94. The topological polar surface area (TPSA) is 76.0 Å². The summed E-state index contributed by atoms with van der Waals surface area (Å²) in [6, 6.07) is 4.54. The van der Waals surface area contributed by atoms with E-state index in [0.717, 1.165) is 5.69 Å². The van der Waals surface area contributed by atoms with Gasteiger partial charge < -0.3 is 4.42 Å². The lowest BCUT2D eigenvalue weighted by molar-refractivity contribution is 0.465. The van der Waals surface area contributed by atoms with Crippen LogP contribution < -0.4 is 0 Å². The van der Waals surface area contributed by atoms with Crippen LogP contribution in [0.15, 0.2) is 27.7 Å². The van der Waals surface area contributed by atoms with E-state index in [1.807, 2.05) is 6.92 Å². The number of nitrogens with one attached hydrogen (secondary N) is 1. The van der Waals surface area contributed by atoms with Crippen LogP contribution in [0.1, 0.15) is 5.69 Å². The number of aromatic nitrogens is 2. The number of aromatic amines is 1. The molecule has 0 spiro atoms. The second kappa shape index (κ2) is 3.39. The van der Waals surface area contributed by atoms with Gasteiger partial charge in [0.2, 0.25) is 5.09 Å². The molecule has 2 heterocycles. The molecule has 7 heteroatoms. The van der Waals surface area contributed by atoms with Crippen LogP contribution in [0.25, 0.3) is 11.5 Å². The lowest BCUT2D eigenvalue weighted by Gasteiger charge is -1.89. The zero-order valence-corrected chi connectivity index (χ0v) is 9.26. The van der Waals surface area contributed by atoms with Gasteiger partial charge in [-0.3, -0.25) is 5.10 Å². The van der Waals surface area contributed by atoms with Crippen LogP contribution in [0, 0.1) is 6.92 Å². The van der Waals surface area contributed by atoms with E-state index in [9.17, 15) is 8.42 Å². The second-order valence-electron chi connectivity index (χ2n) is 2.99. The van der Waals surface area contributed by atoms with Crippen molar-refractivity contribution in [1.82, 2.24) is 10.2 Å². The van der Waals surface area contributed by atoms with Gasteiger partial charge in [0, 0.05) is 16.4 Å². The molecule has 0 aliphatic carbocycles. The quantitative estimate of drug-likeness (QED) is 0.822. The van der Waals surface area contributed by atoms with Gasteiger partial charge >= 0.3 is 0 Å². The van der Waals surface area contributed by atoms with Crippen molar-refractivity contribution in [3.8, 4) is 11.5 Å². The second-order valence-corrected chi connectivity index (χ2v) is 5.49. The SMILES string of the molecule is Cc1cc(-c2ccc(S(=O)(=O)Cl)o2)n[nH]1. The molecule has 5 nitrogen and oxygen atoms in total. The molecule has 15 heavy (non-hydrogen) atoms. The van der Waals surface area contributed by atoms with Crippen molar-refractivity contribution < 1.29 is 12.8 Å². The fourth-order valence-corrected chi connectivity index (χ4v) is 1.80. The molecular formula is C8H7ClN2O3S. The van der Waals surface area contributed by atoms with Crippen molar-refractivity contribution in [1.29, 1.82) is 0 Å². The van der Waals surface area contributed by atoms with Crippen LogP contribution >= 0.6 is 10.7 Å². The van der Waals surface area contributed by atoms with Crippen molar-refractivity contribution in [2.45, 2.75) is 12.0 Å². The Morgan fingerprint density at radius 2 is 2.20 bits per heavy atom. The first-order valence-electron chi connectivity index (χ1n) is 4.04. The van der Waals surface area contributed by atoms with Crippen LogP contribution in [0.4, 0.5) is 0 Å². The number of hydrogen-bond donors (Lipinski definition) is 1. The number of rotatable bonds is 2. The van der Waals surface area contributed by atoms with Crippen molar-refractivity contribution in [2.75, 3.05) is 0 Å². The molecule has 0 saturated heterocycles. The van der Waals surface area contributed by atoms with Crippen molar-refractivity contribution in [3.05, 3.63) is 23.9 Å². The van der Waals surface area contributed by atoms with Crippen LogP contribution in [-0.4, -0.2) is 18.6 Å². The number of nitrogens with zero attached hydrogens (tertiary/aromatic N) is 1. The molecule has 0 fully saturated rings. The summed E-state index contributed by atoms with van der Waals surface area (Å²) in [6.45, 7) is 1.83. The first-order chi connectivity index (χ1) is 6.97. The zero-order chi connectivity index (χ0) is 11.1.